The summed E-state index contributed by atoms with van der Waals surface area (Å²) >= 11 is 0. The molecule has 0 spiro atoms. The van der Waals surface area contributed by atoms with E-state index >= 15 is 0 Å². The number of hydrogen-bond donors (Lipinski definition) is 2. The van der Waals surface area contributed by atoms with Crippen molar-refractivity contribution in [3.05, 3.63) is 17.5 Å². The zero-order valence-corrected chi connectivity index (χ0v) is 16.7. The number of rotatable bonds is 10. The molecule has 1 aliphatic rings. The Morgan fingerprint density at radius 1 is 1.36 bits per heavy atom. The first-order chi connectivity index (χ1) is 12.0. The van der Waals surface area contributed by atoms with E-state index in [-0.39, 0.29) is 0 Å². The molecular formula is C19H36N6. The second-order valence-electron chi connectivity index (χ2n) is 7.25. The maximum absolute atomic E-state index is 4.70. The lowest BCUT2D eigenvalue weighted by molar-refractivity contribution is 0.215. The quantitative estimate of drug-likeness (QED) is 0.387. The first-order valence-electron chi connectivity index (χ1n) is 9.80. The fraction of sp³-hybridized carbons (Fsp3) is 0.789. The van der Waals surface area contributed by atoms with E-state index in [9.17, 15) is 0 Å². The lowest BCUT2D eigenvalue weighted by Gasteiger charge is -2.26. The number of aromatic nitrogens is 2. The number of aryl methyl sites for hydroxylation is 3. The number of nitrogens with one attached hydrogen (secondary N) is 2. The van der Waals surface area contributed by atoms with Crippen molar-refractivity contribution < 1.29 is 0 Å². The third kappa shape index (κ3) is 6.69. The van der Waals surface area contributed by atoms with Gasteiger partial charge in [0.15, 0.2) is 5.96 Å². The van der Waals surface area contributed by atoms with Gasteiger partial charge in [-0.2, -0.15) is 5.10 Å². The van der Waals surface area contributed by atoms with Crippen LogP contribution in [0.1, 0.15) is 51.4 Å². The summed E-state index contributed by atoms with van der Waals surface area (Å²) in [5.41, 5.74) is 2.31. The van der Waals surface area contributed by atoms with Gasteiger partial charge < -0.3 is 10.6 Å². The fourth-order valence-electron chi connectivity index (χ4n) is 3.23. The number of aliphatic imine (C=N–C) groups is 1. The Hall–Kier alpha value is -1.56. The molecule has 0 bridgehead atoms. The van der Waals surface area contributed by atoms with E-state index in [0.717, 1.165) is 56.8 Å². The van der Waals surface area contributed by atoms with Crippen LogP contribution in [-0.2, 0) is 6.54 Å². The number of guanidine groups is 1. The highest BCUT2D eigenvalue weighted by Crippen LogP contribution is 2.27. The van der Waals surface area contributed by atoms with E-state index in [2.05, 4.69) is 59.1 Å². The van der Waals surface area contributed by atoms with Gasteiger partial charge in [-0.05, 0) is 59.9 Å². The summed E-state index contributed by atoms with van der Waals surface area (Å²) in [7, 11) is 0. The fourth-order valence-corrected chi connectivity index (χ4v) is 3.23. The number of nitrogens with zero attached hydrogens (tertiary/aromatic N) is 4. The molecule has 1 aromatic heterocycles. The van der Waals surface area contributed by atoms with Gasteiger partial charge in [0.2, 0.25) is 0 Å². The summed E-state index contributed by atoms with van der Waals surface area (Å²) < 4.78 is 2.07. The first kappa shape index (κ1) is 19.8. The van der Waals surface area contributed by atoms with Gasteiger partial charge in [0.05, 0.1) is 5.69 Å². The second-order valence-corrected chi connectivity index (χ2v) is 7.25. The van der Waals surface area contributed by atoms with Crippen molar-refractivity contribution in [1.82, 2.24) is 25.3 Å². The van der Waals surface area contributed by atoms with Crippen LogP contribution in [0, 0.1) is 13.8 Å². The van der Waals surface area contributed by atoms with Crippen molar-refractivity contribution in [1.29, 1.82) is 0 Å². The summed E-state index contributed by atoms with van der Waals surface area (Å²) in [4.78, 5) is 7.30. The van der Waals surface area contributed by atoms with E-state index in [1.807, 2.05) is 6.92 Å². The normalized spacial score (nSPS) is 15.2. The molecule has 2 N–H and O–H groups in total. The molecule has 0 amide bonds. The molecule has 0 radical (unpaired) electrons. The van der Waals surface area contributed by atoms with Crippen LogP contribution >= 0.6 is 0 Å². The highest BCUT2D eigenvalue weighted by Gasteiger charge is 2.30. The zero-order chi connectivity index (χ0) is 18.2. The average Bonchev–Trinajstić information content (AvgIpc) is 3.33. The molecule has 6 heteroatoms. The zero-order valence-electron chi connectivity index (χ0n) is 16.7. The van der Waals surface area contributed by atoms with Gasteiger partial charge in [0.1, 0.15) is 0 Å². The van der Waals surface area contributed by atoms with E-state index in [1.54, 1.807) is 0 Å². The molecule has 1 saturated carbocycles. The van der Waals surface area contributed by atoms with E-state index in [4.69, 9.17) is 4.99 Å². The molecule has 1 aromatic rings. The van der Waals surface area contributed by atoms with Crippen LogP contribution < -0.4 is 10.6 Å². The molecule has 25 heavy (non-hydrogen) atoms. The van der Waals surface area contributed by atoms with Gasteiger partial charge in [0.25, 0.3) is 0 Å². The van der Waals surface area contributed by atoms with Crippen molar-refractivity contribution in [2.24, 2.45) is 4.99 Å². The highest BCUT2D eigenvalue weighted by molar-refractivity contribution is 5.79. The van der Waals surface area contributed by atoms with Crippen LogP contribution in [0.5, 0.6) is 0 Å². The molecule has 1 heterocycles. The second kappa shape index (κ2) is 9.80. The van der Waals surface area contributed by atoms with Crippen LogP contribution in [0.2, 0.25) is 0 Å². The van der Waals surface area contributed by atoms with Crippen molar-refractivity contribution >= 4 is 5.96 Å². The van der Waals surface area contributed by atoms with Crippen molar-refractivity contribution in [2.75, 3.05) is 26.2 Å². The maximum Gasteiger partial charge on any atom is 0.191 e. The molecule has 1 aliphatic carbocycles. The molecule has 142 valence electrons. The molecule has 0 unspecified atom stereocenters. The predicted octanol–water partition coefficient (Wildman–Crippen LogP) is 2.32. The van der Waals surface area contributed by atoms with E-state index in [0.29, 0.717) is 6.04 Å². The highest BCUT2D eigenvalue weighted by atomic mass is 15.3. The minimum atomic E-state index is 0.620. The molecule has 0 atom stereocenters. The largest absolute Gasteiger partial charge is 0.357 e. The minimum absolute atomic E-state index is 0.620. The molecule has 1 fully saturated rings. The lowest BCUT2D eigenvalue weighted by Crippen LogP contribution is -2.44. The molecule has 2 rings (SSSR count). The summed E-state index contributed by atoms with van der Waals surface area (Å²) in [5.74, 6) is 0.926. The first-order valence-corrected chi connectivity index (χ1v) is 9.80. The van der Waals surface area contributed by atoms with E-state index < -0.39 is 0 Å². The summed E-state index contributed by atoms with van der Waals surface area (Å²) in [5, 5.41) is 11.3. The molecule has 6 nitrogen and oxygen atoms in total. The SMILES string of the molecule is CCNC(=NCCCn1nc(C)cc1C)NCCN(C(C)C)C1CC1. The number of hydrogen-bond acceptors (Lipinski definition) is 3. The van der Waals surface area contributed by atoms with Crippen LogP contribution in [0.4, 0.5) is 0 Å². The minimum Gasteiger partial charge on any atom is -0.357 e. The van der Waals surface area contributed by atoms with Crippen molar-refractivity contribution in [3.63, 3.8) is 0 Å². The van der Waals surface area contributed by atoms with Gasteiger partial charge in [-0.25, -0.2) is 0 Å². The smallest absolute Gasteiger partial charge is 0.191 e. The van der Waals surface area contributed by atoms with Crippen LogP contribution in [0.15, 0.2) is 11.1 Å². The standard InChI is InChI=1S/C19H36N6/c1-6-20-19(22-11-13-24(15(2)3)18-8-9-18)21-10-7-12-25-17(5)14-16(4)23-25/h14-15,18H,6-13H2,1-5H3,(H2,20,21,22). The molecule has 0 saturated heterocycles. The summed E-state index contributed by atoms with van der Waals surface area (Å²) in [6.45, 7) is 15.5. The van der Waals surface area contributed by atoms with Gasteiger partial charge in [0, 0.05) is 50.5 Å². The Balaban J connectivity index is 1.72. The molecular weight excluding hydrogens is 312 g/mol. The molecule has 0 aromatic carbocycles. The Labute approximate surface area is 153 Å². The van der Waals surface area contributed by atoms with Gasteiger partial charge in [-0.15, -0.1) is 0 Å². The summed E-state index contributed by atoms with van der Waals surface area (Å²) in [6.07, 6.45) is 3.72. The van der Waals surface area contributed by atoms with E-state index in [1.165, 1.54) is 18.5 Å². The topological polar surface area (TPSA) is 57.5 Å². The Morgan fingerprint density at radius 3 is 2.68 bits per heavy atom. The monoisotopic (exact) mass is 348 g/mol. The van der Waals surface area contributed by atoms with Crippen molar-refractivity contribution in [3.8, 4) is 0 Å². The summed E-state index contributed by atoms with van der Waals surface area (Å²) in [6, 6.07) is 3.55. The van der Waals surface area contributed by atoms with Crippen LogP contribution in [-0.4, -0.2) is 58.9 Å². The van der Waals surface area contributed by atoms with Crippen molar-refractivity contribution in [2.45, 2.75) is 72.5 Å². The van der Waals surface area contributed by atoms with Gasteiger partial charge in [-0.3, -0.25) is 14.6 Å². The lowest BCUT2D eigenvalue weighted by atomic mass is 10.3. The third-order valence-corrected chi connectivity index (χ3v) is 4.59. The Bertz CT molecular complexity index is 542. The predicted molar refractivity (Wildman–Crippen MR) is 105 cm³/mol. The third-order valence-electron chi connectivity index (χ3n) is 4.59. The van der Waals surface area contributed by atoms with Gasteiger partial charge >= 0.3 is 0 Å². The van der Waals surface area contributed by atoms with Gasteiger partial charge in [-0.1, -0.05) is 0 Å². The Kier molecular flexibility index (Phi) is 7.75. The maximum atomic E-state index is 4.70. The van der Waals surface area contributed by atoms with Crippen LogP contribution in [0.25, 0.3) is 0 Å². The Morgan fingerprint density at radius 2 is 2.12 bits per heavy atom. The molecule has 0 aliphatic heterocycles. The van der Waals surface area contributed by atoms with Crippen LogP contribution in [0.3, 0.4) is 0 Å². The average molecular weight is 349 g/mol.